The molecule has 1 heterocycles. The summed E-state index contributed by atoms with van der Waals surface area (Å²) in [7, 11) is 0. The Morgan fingerprint density at radius 3 is 2.81 bits per heavy atom. The van der Waals surface area contributed by atoms with Crippen molar-refractivity contribution in [3.05, 3.63) is 24.3 Å². The lowest BCUT2D eigenvalue weighted by atomic mass is 10.1. The normalized spacial score (nSPS) is 12.4. The summed E-state index contributed by atoms with van der Waals surface area (Å²) in [6.07, 6.45) is 0.0725. The fraction of sp³-hybridized carbons (Fsp3) is 0.429. The molecule has 1 N–H and O–H groups in total. The monoisotopic (exact) mass is 290 g/mol. The van der Waals surface area contributed by atoms with E-state index < -0.39 is 11.9 Å². The minimum absolute atomic E-state index is 0.0725. The number of tetrazole rings is 1. The minimum atomic E-state index is -0.881. The maximum atomic E-state index is 10.9. The van der Waals surface area contributed by atoms with Gasteiger partial charge in [0.05, 0.1) is 18.6 Å². The third kappa shape index (κ3) is 3.77. The van der Waals surface area contributed by atoms with Gasteiger partial charge in [-0.05, 0) is 36.4 Å². The van der Waals surface area contributed by atoms with Gasteiger partial charge in [-0.15, -0.1) is 5.10 Å². The van der Waals surface area contributed by atoms with Gasteiger partial charge < -0.3 is 9.84 Å². The molecular weight excluding hydrogens is 272 g/mol. The Morgan fingerprint density at radius 2 is 2.14 bits per heavy atom. The smallest absolute Gasteiger partial charge is 0.308 e. The quantitative estimate of drug-likeness (QED) is 0.873. The van der Waals surface area contributed by atoms with E-state index in [0.717, 1.165) is 11.3 Å². The highest BCUT2D eigenvalue weighted by Crippen LogP contribution is 2.22. The molecule has 7 heteroatoms. The van der Waals surface area contributed by atoms with Gasteiger partial charge in [0.2, 0.25) is 0 Å². The third-order valence-corrected chi connectivity index (χ3v) is 2.86. The Balaban J connectivity index is 2.26. The van der Waals surface area contributed by atoms with Crippen LogP contribution < -0.4 is 4.74 Å². The highest BCUT2D eigenvalue weighted by molar-refractivity contribution is 5.69. The third-order valence-electron chi connectivity index (χ3n) is 2.86. The molecule has 2 rings (SSSR count). The number of ether oxygens (including phenoxy) is 1. The van der Waals surface area contributed by atoms with Crippen molar-refractivity contribution in [1.82, 2.24) is 20.2 Å². The van der Waals surface area contributed by atoms with Crippen molar-refractivity contribution in [2.45, 2.75) is 33.4 Å². The van der Waals surface area contributed by atoms with E-state index in [4.69, 9.17) is 9.84 Å². The van der Waals surface area contributed by atoms with Gasteiger partial charge >= 0.3 is 5.97 Å². The van der Waals surface area contributed by atoms with Crippen LogP contribution in [0.2, 0.25) is 0 Å². The van der Waals surface area contributed by atoms with Crippen LogP contribution in [0.3, 0.4) is 0 Å². The summed E-state index contributed by atoms with van der Waals surface area (Å²) in [6.45, 7) is 5.73. The molecule has 0 fully saturated rings. The minimum Gasteiger partial charge on any atom is -0.491 e. The van der Waals surface area contributed by atoms with E-state index in [1.165, 1.54) is 4.68 Å². The van der Waals surface area contributed by atoms with Crippen LogP contribution in [0, 0.1) is 5.92 Å². The number of aromatic nitrogens is 4. The van der Waals surface area contributed by atoms with Crippen molar-refractivity contribution >= 4 is 5.97 Å². The van der Waals surface area contributed by atoms with E-state index in [1.54, 1.807) is 6.92 Å². The van der Waals surface area contributed by atoms with Crippen molar-refractivity contribution in [3.8, 4) is 17.1 Å². The molecule has 0 saturated heterocycles. The molecule has 0 aliphatic rings. The van der Waals surface area contributed by atoms with Gasteiger partial charge in [-0.25, -0.2) is 4.68 Å². The summed E-state index contributed by atoms with van der Waals surface area (Å²) in [6, 6.07) is 7.42. The molecule has 0 aliphatic carbocycles. The molecule has 0 amide bonds. The first kappa shape index (κ1) is 15.0. The van der Waals surface area contributed by atoms with E-state index in [9.17, 15) is 4.79 Å². The summed E-state index contributed by atoms with van der Waals surface area (Å²) in [5, 5.41) is 20.4. The number of nitrogens with zero attached hydrogens (tertiary/aromatic N) is 4. The number of carboxylic acid groups (broad SMARTS) is 1. The maximum Gasteiger partial charge on any atom is 0.308 e. The molecular formula is C14H18N4O3. The van der Waals surface area contributed by atoms with Crippen molar-refractivity contribution < 1.29 is 14.6 Å². The van der Waals surface area contributed by atoms with E-state index in [0.29, 0.717) is 5.82 Å². The van der Waals surface area contributed by atoms with Gasteiger partial charge in [0.1, 0.15) is 5.75 Å². The van der Waals surface area contributed by atoms with Gasteiger partial charge in [-0.1, -0.05) is 19.1 Å². The number of aliphatic carboxylic acids is 1. The Labute approximate surface area is 122 Å². The molecule has 1 aromatic carbocycles. The molecule has 0 aliphatic heterocycles. The van der Waals surface area contributed by atoms with Crippen LogP contribution in [-0.4, -0.2) is 37.4 Å². The first-order chi connectivity index (χ1) is 9.97. The van der Waals surface area contributed by atoms with Crippen LogP contribution in [-0.2, 0) is 11.3 Å². The number of carbonyl (C=O) groups is 1. The van der Waals surface area contributed by atoms with E-state index >= 15 is 0 Å². The molecule has 1 unspecified atom stereocenters. The average Bonchev–Trinajstić information content (AvgIpc) is 2.86. The van der Waals surface area contributed by atoms with E-state index in [-0.39, 0.29) is 12.6 Å². The van der Waals surface area contributed by atoms with Crippen molar-refractivity contribution in [3.63, 3.8) is 0 Å². The Kier molecular flexibility index (Phi) is 4.52. The van der Waals surface area contributed by atoms with Crippen LogP contribution in [0.1, 0.15) is 20.8 Å². The molecule has 1 aromatic heterocycles. The van der Waals surface area contributed by atoms with Gasteiger partial charge in [0.25, 0.3) is 0 Å². The number of benzene rings is 1. The molecule has 7 nitrogen and oxygen atoms in total. The molecule has 112 valence electrons. The topological polar surface area (TPSA) is 90.1 Å². The fourth-order valence-corrected chi connectivity index (χ4v) is 1.85. The first-order valence-electron chi connectivity index (χ1n) is 6.73. The van der Waals surface area contributed by atoms with Crippen LogP contribution in [0.4, 0.5) is 0 Å². The molecule has 0 spiro atoms. The predicted molar refractivity (Wildman–Crippen MR) is 75.8 cm³/mol. The Morgan fingerprint density at radius 1 is 1.38 bits per heavy atom. The zero-order valence-corrected chi connectivity index (χ0v) is 12.2. The summed E-state index contributed by atoms with van der Waals surface area (Å²) < 4.78 is 7.13. The molecule has 2 aromatic rings. The van der Waals surface area contributed by atoms with Crippen molar-refractivity contribution in [1.29, 1.82) is 0 Å². The number of carboxylic acids is 1. The number of hydrogen-bond acceptors (Lipinski definition) is 5. The van der Waals surface area contributed by atoms with E-state index in [1.807, 2.05) is 38.1 Å². The van der Waals surface area contributed by atoms with Crippen LogP contribution >= 0.6 is 0 Å². The highest BCUT2D eigenvalue weighted by Gasteiger charge is 2.17. The first-order valence-corrected chi connectivity index (χ1v) is 6.73. The molecule has 21 heavy (non-hydrogen) atoms. The summed E-state index contributed by atoms with van der Waals surface area (Å²) in [4.78, 5) is 10.9. The van der Waals surface area contributed by atoms with Crippen LogP contribution in [0.25, 0.3) is 11.4 Å². The van der Waals surface area contributed by atoms with Crippen molar-refractivity contribution in [2.24, 2.45) is 5.92 Å². The summed E-state index contributed by atoms with van der Waals surface area (Å²) in [5.41, 5.74) is 0.788. The standard InChI is InChI=1S/C14H18N4O3/c1-9(2)21-12-6-4-5-11(7-12)13-15-16-17-18(13)8-10(3)14(19)20/h4-7,9-10H,8H2,1-3H3,(H,19,20). The summed E-state index contributed by atoms with van der Waals surface area (Å²) >= 11 is 0. The fourth-order valence-electron chi connectivity index (χ4n) is 1.85. The van der Waals surface area contributed by atoms with Gasteiger partial charge in [0.15, 0.2) is 5.82 Å². The Bertz CT molecular complexity index is 624. The summed E-state index contributed by atoms with van der Waals surface area (Å²) in [5.74, 6) is -0.198. The number of hydrogen-bond donors (Lipinski definition) is 1. The zero-order valence-electron chi connectivity index (χ0n) is 12.2. The predicted octanol–water partition coefficient (Wildman–Crippen LogP) is 1.85. The van der Waals surface area contributed by atoms with E-state index in [2.05, 4.69) is 15.5 Å². The van der Waals surface area contributed by atoms with Gasteiger partial charge in [0, 0.05) is 5.56 Å². The van der Waals surface area contributed by atoms with Gasteiger partial charge in [-0.2, -0.15) is 0 Å². The van der Waals surface area contributed by atoms with Gasteiger partial charge in [-0.3, -0.25) is 4.79 Å². The maximum absolute atomic E-state index is 10.9. The second-order valence-corrected chi connectivity index (χ2v) is 5.12. The lowest BCUT2D eigenvalue weighted by Gasteiger charge is -2.11. The van der Waals surface area contributed by atoms with Crippen LogP contribution in [0.5, 0.6) is 5.75 Å². The van der Waals surface area contributed by atoms with Crippen LogP contribution in [0.15, 0.2) is 24.3 Å². The van der Waals surface area contributed by atoms with Crippen molar-refractivity contribution in [2.75, 3.05) is 0 Å². The second-order valence-electron chi connectivity index (χ2n) is 5.12. The highest BCUT2D eigenvalue weighted by atomic mass is 16.5. The average molecular weight is 290 g/mol. The molecule has 0 bridgehead atoms. The second kappa shape index (κ2) is 6.34. The largest absolute Gasteiger partial charge is 0.491 e. The molecule has 0 radical (unpaired) electrons. The SMILES string of the molecule is CC(C)Oc1cccc(-c2nnnn2CC(C)C(=O)O)c1. The zero-order chi connectivity index (χ0) is 15.4. The Hall–Kier alpha value is -2.44. The molecule has 1 atom stereocenters. The molecule has 0 saturated carbocycles. The lowest BCUT2D eigenvalue weighted by molar-refractivity contribution is -0.141. The lowest BCUT2D eigenvalue weighted by Crippen LogP contribution is -2.18. The number of rotatable bonds is 6.